The van der Waals surface area contributed by atoms with Crippen molar-refractivity contribution < 1.29 is 14.3 Å². The number of aromatic hydroxyl groups is 1. The van der Waals surface area contributed by atoms with Crippen LogP contribution in [0.25, 0.3) is 11.0 Å². The third-order valence-electron chi connectivity index (χ3n) is 4.79. The summed E-state index contributed by atoms with van der Waals surface area (Å²) in [6, 6.07) is 8.07. The molecule has 3 aromatic rings. The molecular weight excluding hydrogens is 385 g/mol. The molecule has 0 atom stereocenters. The summed E-state index contributed by atoms with van der Waals surface area (Å²) in [6.45, 7) is 8.01. The number of carbonyl (C=O) groups excluding carboxylic acids is 1. The second-order valence-electron chi connectivity index (χ2n) is 6.38. The van der Waals surface area contributed by atoms with Gasteiger partial charge in [-0.25, -0.2) is 0 Å². The van der Waals surface area contributed by atoms with Crippen LogP contribution in [-0.2, 0) is 6.54 Å². The molecule has 1 aromatic heterocycles. The topological polar surface area (TPSA) is 53.7 Å². The summed E-state index contributed by atoms with van der Waals surface area (Å²) in [4.78, 5) is 15.5. The molecule has 3 rings (SSSR count). The van der Waals surface area contributed by atoms with Crippen LogP contribution in [0.5, 0.6) is 5.75 Å². The predicted octanol–water partition coefficient (Wildman–Crippen LogP) is 5.83. The minimum Gasteiger partial charge on any atom is -0.508 e. The fourth-order valence-corrected chi connectivity index (χ4v) is 3.65. The number of carbonyl (C=O) groups is 1. The van der Waals surface area contributed by atoms with E-state index >= 15 is 0 Å². The van der Waals surface area contributed by atoms with Gasteiger partial charge in [-0.2, -0.15) is 0 Å². The summed E-state index contributed by atoms with van der Waals surface area (Å²) < 4.78 is 5.83. The van der Waals surface area contributed by atoms with Gasteiger partial charge in [0, 0.05) is 28.1 Å². The van der Waals surface area contributed by atoms with E-state index in [2.05, 4.69) is 18.7 Å². The quantitative estimate of drug-likeness (QED) is 0.524. The standard InChI is InChI=1S/C21H21Cl2NO3/c1-4-24(5-2)11-15-17(25)8-9-18-20(15)19(12(3)27-18)21(26)14-10-13(22)6-7-16(14)23/h6-10,25H,4-5,11H2,1-3H3. The summed E-state index contributed by atoms with van der Waals surface area (Å²) in [6.07, 6.45) is 0. The van der Waals surface area contributed by atoms with Crippen molar-refractivity contribution in [1.29, 1.82) is 0 Å². The molecular formula is C21H21Cl2NO3. The average molecular weight is 406 g/mol. The molecule has 0 saturated carbocycles. The van der Waals surface area contributed by atoms with E-state index in [1.165, 1.54) is 0 Å². The molecule has 0 spiro atoms. The van der Waals surface area contributed by atoms with Gasteiger partial charge in [-0.15, -0.1) is 0 Å². The van der Waals surface area contributed by atoms with Gasteiger partial charge in [0.25, 0.3) is 0 Å². The third-order valence-corrected chi connectivity index (χ3v) is 5.36. The molecule has 1 N–H and O–H groups in total. The SMILES string of the molecule is CCN(CC)Cc1c(O)ccc2oc(C)c(C(=O)c3cc(Cl)ccc3Cl)c12. The number of rotatable bonds is 6. The molecule has 0 aliphatic heterocycles. The van der Waals surface area contributed by atoms with E-state index in [0.717, 1.165) is 13.1 Å². The van der Waals surface area contributed by atoms with Gasteiger partial charge >= 0.3 is 0 Å². The molecule has 0 radical (unpaired) electrons. The van der Waals surface area contributed by atoms with Gasteiger partial charge in [0.1, 0.15) is 17.1 Å². The Bertz CT molecular complexity index is 1010. The lowest BCUT2D eigenvalue weighted by Crippen LogP contribution is -2.22. The fraction of sp³-hybridized carbons (Fsp3) is 0.286. The fourth-order valence-electron chi connectivity index (χ4n) is 3.28. The molecule has 0 fully saturated rings. The van der Waals surface area contributed by atoms with E-state index in [4.69, 9.17) is 27.6 Å². The number of nitrogens with zero attached hydrogens (tertiary/aromatic N) is 1. The van der Waals surface area contributed by atoms with Gasteiger partial charge in [-0.3, -0.25) is 9.69 Å². The second-order valence-corrected chi connectivity index (χ2v) is 7.23. The molecule has 142 valence electrons. The minimum absolute atomic E-state index is 0.140. The number of furan rings is 1. The van der Waals surface area contributed by atoms with Crippen LogP contribution < -0.4 is 0 Å². The van der Waals surface area contributed by atoms with Gasteiger partial charge in [-0.05, 0) is 50.3 Å². The van der Waals surface area contributed by atoms with Crippen LogP contribution in [-0.4, -0.2) is 28.9 Å². The Morgan fingerprint density at radius 3 is 2.52 bits per heavy atom. The van der Waals surface area contributed by atoms with Gasteiger partial charge in [-0.1, -0.05) is 37.0 Å². The first-order valence-electron chi connectivity index (χ1n) is 8.83. The van der Waals surface area contributed by atoms with Crippen molar-refractivity contribution in [3.8, 4) is 5.75 Å². The van der Waals surface area contributed by atoms with Crippen LogP contribution in [0.1, 0.15) is 41.1 Å². The van der Waals surface area contributed by atoms with Gasteiger partial charge < -0.3 is 9.52 Å². The molecule has 0 bridgehead atoms. The Balaban J connectivity index is 2.24. The molecule has 2 aromatic carbocycles. The van der Waals surface area contributed by atoms with Crippen molar-refractivity contribution in [1.82, 2.24) is 4.90 Å². The van der Waals surface area contributed by atoms with E-state index < -0.39 is 0 Å². The Hall–Kier alpha value is -2.01. The summed E-state index contributed by atoms with van der Waals surface area (Å²) in [7, 11) is 0. The van der Waals surface area contributed by atoms with Crippen molar-refractivity contribution in [3.63, 3.8) is 0 Å². The number of hydrogen-bond acceptors (Lipinski definition) is 4. The maximum atomic E-state index is 13.3. The molecule has 1 heterocycles. The predicted molar refractivity (Wildman–Crippen MR) is 109 cm³/mol. The molecule has 4 nitrogen and oxygen atoms in total. The Kier molecular flexibility index (Phi) is 5.80. The summed E-state index contributed by atoms with van der Waals surface area (Å²) in [5, 5.41) is 11.9. The van der Waals surface area contributed by atoms with Crippen LogP contribution in [0.3, 0.4) is 0 Å². The third kappa shape index (κ3) is 3.70. The van der Waals surface area contributed by atoms with Gasteiger partial charge in [0.2, 0.25) is 0 Å². The van der Waals surface area contributed by atoms with Crippen LogP contribution >= 0.6 is 23.2 Å². The van der Waals surface area contributed by atoms with Crippen molar-refractivity contribution in [2.75, 3.05) is 13.1 Å². The first-order chi connectivity index (χ1) is 12.9. The number of phenols is 1. The number of ketones is 1. The first kappa shape index (κ1) is 19.7. The lowest BCUT2D eigenvalue weighted by atomic mass is 9.96. The maximum absolute atomic E-state index is 13.3. The van der Waals surface area contributed by atoms with Crippen molar-refractivity contribution in [2.45, 2.75) is 27.3 Å². The monoisotopic (exact) mass is 405 g/mol. The van der Waals surface area contributed by atoms with Crippen LogP contribution in [0.2, 0.25) is 10.0 Å². The molecule has 0 aliphatic carbocycles. The zero-order valence-electron chi connectivity index (χ0n) is 15.5. The van der Waals surface area contributed by atoms with Crippen LogP contribution in [0, 0.1) is 6.92 Å². The number of phenolic OH excluding ortho intramolecular Hbond substituents is 1. The normalized spacial score (nSPS) is 11.5. The number of benzene rings is 2. The van der Waals surface area contributed by atoms with Crippen molar-refractivity contribution >= 4 is 40.0 Å². The van der Waals surface area contributed by atoms with E-state index in [1.54, 1.807) is 37.3 Å². The molecule has 0 aliphatic rings. The Morgan fingerprint density at radius 1 is 1.15 bits per heavy atom. The lowest BCUT2D eigenvalue weighted by molar-refractivity contribution is 0.103. The highest BCUT2D eigenvalue weighted by Crippen LogP contribution is 2.37. The summed E-state index contributed by atoms with van der Waals surface area (Å²) >= 11 is 12.3. The van der Waals surface area contributed by atoms with E-state index in [9.17, 15) is 9.90 Å². The zero-order valence-corrected chi connectivity index (χ0v) is 17.0. The van der Waals surface area contributed by atoms with Gasteiger partial charge in [0.05, 0.1) is 10.6 Å². The van der Waals surface area contributed by atoms with Crippen LogP contribution in [0.4, 0.5) is 0 Å². The van der Waals surface area contributed by atoms with Crippen molar-refractivity contribution in [2.24, 2.45) is 0 Å². The second kappa shape index (κ2) is 7.93. The smallest absolute Gasteiger partial charge is 0.198 e. The molecule has 0 unspecified atom stereocenters. The average Bonchev–Trinajstić information content (AvgIpc) is 2.98. The minimum atomic E-state index is -0.273. The molecule has 6 heteroatoms. The maximum Gasteiger partial charge on any atom is 0.198 e. The van der Waals surface area contributed by atoms with Crippen molar-refractivity contribution in [3.05, 3.63) is 62.8 Å². The largest absolute Gasteiger partial charge is 0.508 e. The number of fused-ring (bicyclic) bond motifs is 1. The number of hydrogen-bond donors (Lipinski definition) is 1. The summed E-state index contributed by atoms with van der Waals surface area (Å²) in [5.41, 5.74) is 1.96. The highest BCUT2D eigenvalue weighted by atomic mass is 35.5. The first-order valence-corrected chi connectivity index (χ1v) is 9.59. The zero-order chi connectivity index (χ0) is 19.7. The highest BCUT2D eigenvalue weighted by Gasteiger charge is 2.25. The molecule has 27 heavy (non-hydrogen) atoms. The van der Waals surface area contributed by atoms with Gasteiger partial charge in [0.15, 0.2) is 5.78 Å². The van der Waals surface area contributed by atoms with Crippen LogP contribution in [0.15, 0.2) is 34.7 Å². The molecule has 0 saturated heterocycles. The Morgan fingerprint density at radius 2 is 1.85 bits per heavy atom. The van der Waals surface area contributed by atoms with E-state index in [1.807, 2.05) is 0 Å². The number of halogens is 2. The number of aryl methyl sites for hydroxylation is 1. The lowest BCUT2D eigenvalue weighted by Gasteiger charge is -2.19. The molecule has 0 amide bonds. The highest BCUT2D eigenvalue weighted by molar-refractivity contribution is 6.37. The summed E-state index contributed by atoms with van der Waals surface area (Å²) in [5.74, 6) is 0.351. The Labute approximate surface area is 168 Å². The van der Waals surface area contributed by atoms with E-state index in [0.29, 0.717) is 50.0 Å². The van der Waals surface area contributed by atoms with E-state index in [-0.39, 0.29) is 11.5 Å².